The zero-order chi connectivity index (χ0) is 4.41. The Morgan fingerprint density at radius 1 is 1.83 bits per heavy atom. The van der Waals surface area contributed by atoms with Gasteiger partial charge in [-0.15, -0.1) is 0 Å². The lowest BCUT2D eigenvalue weighted by Crippen LogP contribution is -2.13. The standard InChI is InChI=1S/C3H5S3/c4-1-3-2-5-6-3/h3H,1-2H2. The monoisotopic (exact) mass is 137 g/mol. The summed E-state index contributed by atoms with van der Waals surface area (Å²) in [7, 11) is 3.84. The molecule has 6 heavy (non-hydrogen) atoms. The predicted octanol–water partition coefficient (Wildman–Crippen LogP) is 1.95. The topological polar surface area (TPSA) is 0 Å². The smallest absolute Gasteiger partial charge is 0.0349 e. The molecular formula is C3H5S3. The third-order valence-corrected chi connectivity index (χ3v) is 4.38. The van der Waals surface area contributed by atoms with Gasteiger partial charge in [0, 0.05) is 16.8 Å². The van der Waals surface area contributed by atoms with Crippen LogP contribution in [0.5, 0.6) is 0 Å². The molecule has 0 aliphatic carbocycles. The first-order valence-electron chi connectivity index (χ1n) is 1.80. The van der Waals surface area contributed by atoms with Crippen LogP contribution < -0.4 is 0 Å². The average Bonchev–Trinajstić information content (AvgIpc) is 1.31. The fourth-order valence-electron chi connectivity index (χ4n) is 0.240. The Hall–Kier alpha value is 1.05. The highest BCUT2D eigenvalue weighted by Crippen LogP contribution is 2.40. The lowest BCUT2D eigenvalue weighted by atomic mass is 10.5. The van der Waals surface area contributed by atoms with Gasteiger partial charge in [0.15, 0.2) is 0 Å². The van der Waals surface area contributed by atoms with E-state index in [9.17, 15) is 0 Å². The molecule has 1 unspecified atom stereocenters. The van der Waals surface area contributed by atoms with Gasteiger partial charge in [-0.05, 0) is 0 Å². The summed E-state index contributed by atoms with van der Waals surface area (Å²) >= 11 is 4.79. The molecule has 35 valence electrons. The van der Waals surface area contributed by atoms with Crippen molar-refractivity contribution in [1.82, 2.24) is 0 Å². The van der Waals surface area contributed by atoms with E-state index >= 15 is 0 Å². The largest absolute Gasteiger partial charge is 0.0929 e. The second-order valence-corrected chi connectivity index (χ2v) is 4.22. The molecular weight excluding hydrogens is 132 g/mol. The Morgan fingerprint density at radius 3 is 2.50 bits per heavy atom. The van der Waals surface area contributed by atoms with Crippen LogP contribution in [0.3, 0.4) is 0 Å². The van der Waals surface area contributed by atoms with E-state index in [1.54, 1.807) is 0 Å². The zero-order valence-electron chi connectivity index (χ0n) is 3.22. The van der Waals surface area contributed by atoms with Crippen molar-refractivity contribution in [3.63, 3.8) is 0 Å². The summed E-state index contributed by atoms with van der Waals surface area (Å²) in [6.07, 6.45) is 0. The lowest BCUT2D eigenvalue weighted by Gasteiger charge is -2.19. The number of hydrogen-bond donors (Lipinski definition) is 0. The van der Waals surface area contributed by atoms with E-state index in [0.29, 0.717) is 0 Å². The SMILES string of the molecule is [S]CC1CSS1. The van der Waals surface area contributed by atoms with E-state index in [4.69, 9.17) is 12.6 Å². The molecule has 1 saturated heterocycles. The second kappa shape index (κ2) is 2.38. The van der Waals surface area contributed by atoms with E-state index in [1.165, 1.54) is 5.75 Å². The maximum absolute atomic E-state index is 4.79. The van der Waals surface area contributed by atoms with Gasteiger partial charge in [-0.2, -0.15) is 0 Å². The predicted molar refractivity (Wildman–Crippen MR) is 36.3 cm³/mol. The summed E-state index contributed by atoms with van der Waals surface area (Å²) in [5.74, 6) is 2.23. The van der Waals surface area contributed by atoms with Gasteiger partial charge < -0.3 is 0 Å². The van der Waals surface area contributed by atoms with E-state index in [1.807, 2.05) is 21.6 Å². The van der Waals surface area contributed by atoms with Gasteiger partial charge in [0.2, 0.25) is 0 Å². The molecule has 1 radical (unpaired) electrons. The van der Waals surface area contributed by atoms with Crippen molar-refractivity contribution >= 4 is 34.2 Å². The molecule has 3 heteroatoms. The third-order valence-electron chi connectivity index (χ3n) is 0.644. The van der Waals surface area contributed by atoms with Crippen LogP contribution in [0.15, 0.2) is 0 Å². The molecule has 1 fully saturated rings. The van der Waals surface area contributed by atoms with Crippen molar-refractivity contribution in [2.24, 2.45) is 0 Å². The van der Waals surface area contributed by atoms with Gasteiger partial charge in [0.25, 0.3) is 0 Å². The Bertz CT molecular complexity index is 38.5. The van der Waals surface area contributed by atoms with Crippen molar-refractivity contribution in [2.75, 3.05) is 11.5 Å². The highest BCUT2D eigenvalue weighted by molar-refractivity contribution is 8.79. The first-order chi connectivity index (χ1) is 2.93. The molecule has 1 aliphatic heterocycles. The van der Waals surface area contributed by atoms with Crippen LogP contribution in [-0.2, 0) is 0 Å². The van der Waals surface area contributed by atoms with Gasteiger partial charge >= 0.3 is 0 Å². The van der Waals surface area contributed by atoms with Crippen molar-refractivity contribution in [1.29, 1.82) is 0 Å². The first kappa shape index (κ1) is 5.19. The lowest BCUT2D eigenvalue weighted by molar-refractivity contribution is 1.15. The first-order valence-corrected chi connectivity index (χ1v) is 4.76. The minimum atomic E-state index is 0.810. The van der Waals surface area contributed by atoms with Gasteiger partial charge in [-0.1, -0.05) is 34.2 Å². The van der Waals surface area contributed by atoms with Crippen LogP contribution in [0.4, 0.5) is 0 Å². The van der Waals surface area contributed by atoms with Crippen LogP contribution in [-0.4, -0.2) is 16.8 Å². The summed E-state index contributed by atoms with van der Waals surface area (Å²) in [6, 6.07) is 0. The highest BCUT2D eigenvalue weighted by Gasteiger charge is 2.16. The normalized spacial score (nSPS) is 32.5. The third kappa shape index (κ3) is 1.01. The molecule has 0 nitrogen and oxygen atoms in total. The van der Waals surface area contributed by atoms with Crippen LogP contribution in [0.25, 0.3) is 0 Å². The van der Waals surface area contributed by atoms with Crippen LogP contribution >= 0.6 is 34.2 Å². The molecule has 0 amide bonds. The second-order valence-electron chi connectivity index (χ2n) is 1.17. The van der Waals surface area contributed by atoms with Crippen molar-refractivity contribution in [3.8, 4) is 0 Å². The Labute approximate surface area is 51.3 Å². The van der Waals surface area contributed by atoms with Gasteiger partial charge in [0.1, 0.15) is 0 Å². The molecule has 0 N–H and O–H groups in total. The van der Waals surface area contributed by atoms with E-state index in [2.05, 4.69) is 0 Å². The molecule has 1 heterocycles. The van der Waals surface area contributed by atoms with Crippen molar-refractivity contribution < 1.29 is 0 Å². The van der Waals surface area contributed by atoms with Crippen LogP contribution in [0.2, 0.25) is 0 Å². The fourth-order valence-corrected chi connectivity index (χ4v) is 2.66. The van der Waals surface area contributed by atoms with Crippen LogP contribution in [0.1, 0.15) is 0 Å². The van der Waals surface area contributed by atoms with Gasteiger partial charge in [-0.3, -0.25) is 0 Å². The van der Waals surface area contributed by atoms with E-state index in [-0.39, 0.29) is 0 Å². The summed E-state index contributed by atoms with van der Waals surface area (Å²) < 4.78 is 0. The molecule has 1 aliphatic rings. The molecule has 1 atom stereocenters. The zero-order valence-corrected chi connectivity index (χ0v) is 5.67. The summed E-state index contributed by atoms with van der Waals surface area (Å²) in [5, 5.41) is 0.810. The number of rotatable bonds is 1. The van der Waals surface area contributed by atoms with E-state index in [0.717, 1.165) is 11.0 Å². The van der Waals surface area contributed by atoms with Crippen LogP contribution in [0, 0.1) is 0 Å². The number of hydrogen-bond acceptors (Lipinski definition) is 2. The maximum atomic E-state index is 4.79. The fraction of sp³-hybridized carbons (Fsp3) is 1.00. The summed E-state index contributed by atoms with van der Waals surface area (Å²) in [5.41, 5.74) is 0. The van der Waals surface area contributed by atoms with Crippen molar-refractivity contribution in [2.45, 2.75) is 5.25 Å². The Balaban J connectivity index is 2.01. The van der Waals surface area contributed by atoms with Gasteiger partial charge in [-0.25, -0.2) is 0 Å². The molecule has 1 rings (SSSR count). The highest BCUT2D eigenvalue weighted by atomic mass is 33.1. The molecule has 0 saturated carbocycles. The Kier molecular flexibility index (Phi) is 2.06. The van der Waals surface area contributed by atoms with Crippen molar-refractivity contribution in [3.05, 3.63) is 0 Å². The summed E-state index contributed by atoms with van der Waals surface area (Å²) in [6.45, 7) is 0. The molecule has 0 aromatic carbocycles. The maximum Gasteiger partial charge on any atom is 0.0349 e. The minimum Gasteiger partial charge on any atom is -0.0929 e. The minimum absolute atomic E-state index is 0.810. The quantitative estimate of drug-likeness (QED) is 0.507. The Morgan fingerprint density at radius 2 is 2.50 bits per heavy atom. The summed E-state index contributed by atoms with van der Waals surface area (Å²) in [4.78, 5) is 0. The van der Waals surface area contributed by atoms with E-state index < -0.39 is 0 Å². The molecule has 0 aromatic rings. The molecule has 0 spiro atoms. The average molecular weight is 137 g/mol. The molecule has 0 bridgehead atoms. The van der Waals surface area contributed by atoms with Gasteiger partial charge in [0.05, 0.1) is 0 Å². The molecule has 0 aromatic heterocycles.